The first kappa shape index (κ1) is 17.5. The molecule has 0 aliphatic rings. The lowest BCUT2D eigenvalue weighted by Gasteiger charge is -2.21. The van der Waals surface area contributed by atoms with Gasteiger partial charge in [0.25, 0.3) is 0 Å². The van der Waals surface area contributed by atoms with E-state index in [1.165, 1.54) is 0 Å². The lowest BCUT2D eigenvalue weighted by atomic mass is 10.0. The molecule has 0 unspecified atom stereocenters. The number of aryl methyl sites for hydroxylation is 2. The summed E-state index contributed by atoms with van der Waals surface area (Å²) in [6.45, 7) is 4.02. The number of furan rings is 1. The van der Waals surface area contributed by atoms with Crippen LogP contribution in [0.4, 0.5) is 5.69 Å². The monoisotopic (exact) mass is 370 g/mol. The summed E-state index contributed by atoms with van der Waals surface area (Å²) in [6.07, 6.45) is 1.66. The molecule has 0 bridgehead atoms. The molecule has 0 aliphatic heterocycles. The Morgan fingerprint density at radius 1 is 1.08 bits per heavy atom. The molecule has 128 valence electrons. The highest BCUT2D eigenvalue weighted by molar-refractivity contribution is 7.80. The Labute approximate surface area is 158 Å². The highest BCUT2D eigenvalue weighted by Gasteiger charge is 2.18. The van der Waals surface area contributed by atoms with Gasteiger partial charge in [0.05, 0.1) is 17.0 Å². The second-order valence-electron chi connectivity index (χ2n) is 5.90. The summed E-state index contributed by atoms with van der Waals surface area (Å²) in [4.78, 5) is 0. The molecule has 2 aromatic carbocycles. The highest BCUT2D eigenvalue weighted by Crippen LogP contribution is 2.28. The van der Waals surface area contributed by atoms with E-state index >= 15 is 0 Å². The van der Waals surface area contributed by atoms with Crippen molar-refractivity contribution in [3.05, 3.63) is 88.3 Å². The summed E-state index contributed by atoms with van der Waals surface area (Å²) < 4.78 is 5.59. The molecular weight excluding hydrogens is 352 g/mol. The number of anilines is 1. The van der Waals surface area contributed by atoms with Crippen molar-refractivity contribution >= 4 is 34.6 Å². The van der Waals surface area contributed by atoms with Crippen molar-refractivity contribution < 1.29 is 4.42 Å². The maximum Gasteiger partial charge on any atom is 0.171 e. The maximum atomic E-state index is 6.36. The maximum absolute atomic E-state index is 6.36. The zero-order valence-corrected chi connectivity index (χ0v) is 15.6. The van der Waals surface area contributed by atoms with E-state index in [9.17, 15) is 0 Å². The van der Waals surface area contributed by atoms with E-state index < -0.39 is 0 Å². The second-order valence-corrected chi connectivity index (χ2v) is 6.71. The van der Waals surface area contributed by atoms with Crippen LogP contribution in [-0.4, -0.2) is 5.11 Å². The van der Waals surface area contributed by atoms with E-state index in [1.807, 2.05) is 62.4 Å². The molecule has 5 heteroatoms. The molecule has 0 spiro atoms. The minimum absolute atomic E-state index is 0.180. The van der Waals surface area contributed by atoms with Crippen LogP contribution in [0.2, 0.25) is 5.02 Å². The smallest absolute Gasteiger partial charge is 0.171 e. The van der Waals surface area contributed by atoms with Crippen molar-refractivity contribution in [2.45, 2.75) is 19.9 Å². The van der Waals surface area contributed by atoms with Crippen molar-refractivity contribution in [3.8, 4) is 0 Å². The van der Waals surface area contributed by atoms with E-state index in [1.54, 1.807) is 6.26 Å². The molecule has 3 aromatic rings. The Kier molecular flexibility index (Phi) is 5.41. The largest absolute Gasteiger partial charge is 0.467 e. The molecule has 0 fully saturated rings. The molecule has 0 radical (unpaired) electrons. The van der Waals surface area contributed by atoms with Crippen LogP contribution < -0.4 is 10.6 Å². The van der Waals surface area contributed by atoms with Gasteiger partial charge in [-0.25, -0.2) is 0 Å². The molecular formula is C20H19ClN2OS. The number of rotatable bonds is 4. The fourth-order valence-corrected chi connectivity index (χ4v) is 3.36. The second kappa shape index (κ2) is 7.72. The van der Waals surface area contributed by atoms with Crippen LogP contribution in [0.15, 0.2) is 65.3 Å². The fourth-order valence-electron chi connectivity index (χ4n) is 2.77. The van der Waals surface area contributed by atoms with Crippen LogP contribution in [0.5, 0.6) is 0 Å². The van der Waals surface area contributed by atoms with Gasteiger partial charge in [-0.3, -0.25) is 0 Å². The summed E-state index contributed by atoms with van der Waals surface area (Å²) >= 11 is 11.9. The van der Waals surface area contributed by atoms with Crippen molar-refractivity contribution in [3.63, 3.8) is 0 Å². The van der Waals surface area contributed by atoms with Crippen LogP contribution in [-0.2, 0) is 0 Å². The van der Waals surface area contributed by atoms with Gasteiger partial charge in [0.1, 0.15) is 11.8 Å². The molecule has 25 heavy (non-hydrogen) atoms. The topological polar surface area (TPSA) is 37.2 Å². The third-order valence-electron chi connectivity index (χ3n) is 3.91. The molecule has 0 saturated carbocycles. The fraction of sp³-hybridized carbons (Fsp3) is 0.150. The van der Waals surface area contributed by atoms with Crippen LogP contribution >= 0.6 is 23.8 Å². The molecule has 1 atom stereocenters. The Bertz CT molecular complexity index is 840. The SMILES string of the molecule is Cc1cc(C)c(NC(=S)N[C@@H](c2ccccc2)c2ccco2)c(Cl)c1. The van der Waals surface area contributed by atoms with Crippen LogP contribution in [0.25, 0.3) is 0 Å². The molecule has 2 N–H and O–H groups in total. The highest BCUT2D eigenvalue weighted by atomic mass is 35.5. The zero-order valence-electron chi connectivity index (χ0n) is 14.0. The summed E-state index contributed by atoms with van der Waals surface area (Å²) in [5.74, 6) is 0.794. The van der Waals surface area contributed by atoms with Gasteiger partial charge in [-0.15, -0.1) is 0 Å². The van der Waals surface area contributed by atoms with Crippen molar-refractivity contribution in [2.24, 2.45) is 0 Å². The molecule has 0 amide bonds. The molecule has 1 heterocycles. The van der Waals surface area contributed by atoms with Crippen molar-refractivity contribution in [1.82, 2.24) is 5.32 Å². The van der Waals surface area contributed by atoms with Gasteiger partial charge in [0.15, 0.2) is 5.11 Å². The summed E-state index contributed by atoms with van der Waals surface area (Å²) in [5, 5.41) is 7.67. The first-order valence-corrected chi connectivity index (χ1v) is 8.76. The standard InChI is InChI=1S/C20H19ClN2OS/c1-13-11-14(2)18(16(21)12-13)22-20(25)23-19(17-9-6-10-24-17)15-7-4-3-5-8-15/h3-12,19H,1-2H3,(H2,22,23,25)/t19-/m0/s1. The van der Waals surface area contributed by atoms with Crippen molar-refractivity contribution in [2.75, 3.05) is 5.32 Å². The number of thiocarbonyl (C=S) groups is 1. The number of halogens is 1. The third-order valence-corrected chi connectivity index (χ3v) is 4.42. The Hall–Kier alpha value is -2.30. The van der Waals surface area contributed by atoms with Gasteiger partial charge >= 0.3 is 0 Å². The van der Waals surface area contributed by atoms with Gasteiger partial charge in [-0.05, 0) is 61.0 Å². The summed E-state index contributed by atoms with van der Waals surface area (Å²) in [7, 11) is 0. The Morgan fingerprint density at radius 3 is 2.48 bits per heavy atom. The zero-order chi connectivity index (χ0) is 17.8. The summed E-state index contributed by atoms with van der Waals surface area (Å²) in [6, 6.07) is 17.6. The van der Waals surface area contributed by atoms with E-state index in [2.05, 4.69) is 16.7 Å². The average molecular weight is 371 g/mol. The minimum Gasteiger partial charge on any atom is -0.467 e. The van der Waals surface area contributed by atoms with Gasteiger partial charge < -0.3 is 15.1 Å². The lowest BCUT2D eigenvalue weighted by molar-refractivity contribution is 0.476. The Balaban J connectivity index is 1.82. The number of hydrogen-bond acceptors (Lipinski definition) is 2. The predicted octanol–water partition coefficient (Wildman–Crippen LogP) is 5.63. The van der Waals surface area contributed by atoms with Crippen molar-refractivity contribution in [1.29, 1.82) is 0 Å². The predicted molar refractivity (Wildman–Crippen MR) is 107 cm³/mol. The molecule has 3 rings (SSSR count). The van der Waals surface area contributed by atoms with Crippen LogP contribution in [0.1, 0.15) is 28.5 Å². The first-order chi connectivity index (χ1) is 12.0. The van der Waals surface area contributed by atoms with Gasteiger partial charge in [0, 0.05) is 0 Å². The number of nitrogens with one attached hydrogen (secondary N) is 2. The van der Waals surface area contributed by atoms with Gasteiger partial charge in [-0.1, -0.05) is 48.0 Å². The van der Waals surface area contributed by atoms with E-state index in [-0.39, 0.29) is 6.04 Å². The minimum atomic E-state index is -0.180. The summed E-state index contributed by atoms with van der Waals surface area (Å²) in [5.41, 5.74) is 4.04. The van der Waals surface area contributed by atoms with Crippen LogP contribution in [0, 0.1) is 13.8 Å². The van der Waals surface area contributed by atoms with E-state index in [0.29, 0.717) is 10.1 Å². The molecule has 0 aliphatic carbocycles. The number of benzene rings is 2. The Morgan fingerprint density at radius 2 is 1.84 bits per heavy atom. The lowest BCUT2D eigenvalue weighted by Crippen LogP contribution is -2.33. The third kappa shape index (κ3) is 4.21. The molecule has 3 nitrogen and oxygen atoms in total. The van der Waals surface area contributed by atoms with Crippen LogP contribution in [0.3, 0.4) is 0 Å². The average Bonchev–Trinajstić information content (AvgIpc) is 3.11. The number of hydrogen-bond donors (Lipinski definition) is 2. The molecule has 1 aromatic heterocycles. The van der Waals surface area contributed by atoms with Gasteiger partial charge in [0.2, 0.25) is 0 Å². The molecule has 0 saturated heterocycles. The first-order valence-electron chi connectivity index (χ1n) is 7.97. The van der Waals surface area contributed by atoms with E-state index in [4.69, 9.17) is 28.2 Å². The normalized spacial score (nSPS) is 11.8. The van der Waals surface area contributed by atoms with E-state index in [0.717, 1.165) is 28.1 Å². The quantitative estimate of drug-likeness (QED) is 0.584. The van der Waals surface area contributed by atoms with Gasteiger partial charge in [-0.2, -0.15) is 0 Å².